The van der Waals surface area contributed by atoms with Crippen molar-refractivity contribution in [2.45, 2.75) is 169 Å². The Kier molecular flexibility index (Phi) is 29.9. The molecule has 0 bridgehead atoms. The minimum atomic E-state index is -0.745. The van der Waals surface area contributed by atoms with Gasteiger partial charge in [-0.25, -0.2) is 0 Å². The van der Waals surface area contributed by atoms with Gasteiger partial charge < -0.3 is 18.9 Å². The van der Waals surface area contributed by atoms with E-state index in [1.165, 1.54) is 64.2 Å². The van der Waals surface area contributed by atoms with Crippen LogP contribution >= 0.6 is 0 Å². The predicted molar refractivity (Wildman–Crippen MR) is 159 cm³/mol. The topological polar surface area (TPSA) is 105 Å². The van der Waals surface area contributed by atoms with Gasteiger partial charge in [-0.05, 0) is 39.5 Å². The zero-order chi connectivity index (χ0) is 30.4. The molecular formula is C32H60O8. The van der Waals surface area contributed by atoms with E-state index in [4.69, 9.17) is 18.9 Å². The smallest absolute Gasteiger partial charge is 0.306 e. The van der Waals surface area contributed by atoms with Crippen LogP contribution in [0.4, 0.5) is 0 Å². The Balaban J connectivity index is 0. The third-order valence-electron chi connectivity index (χ3n) is 5.87. The van der Waals surface area contributed by atoms with E-state index in [1.807, 2.05) is 34.6 Å². The summed E-state index contributed by atoms with van der Waals surface area (Å²) in [6, 6.07) is 0. The lowest BCUT2D eigenvalue weighted by Gasteiger charge is -2.18. The van der Waals surface area contributed by atoms with Crippen molar-refractivity contribution in [3.05, 3.63) is 0 Å². The minimum Gasteiger partial charge on any atom is -0.463 e. The van der Waals surface area contributed by atoms with E-state index in [2.05, 4.69) is 6.92 Å². The van der Waals surface area contributed by atoms with Gasteiger partial charge in [0.25, 0.3) is 0 Å². The molecule has 8 nitrogen and oxygen atoms in total. The first-order valence-electron chi connectivity index (χ1n) is 15.9. The molecule has 0 heterocycles. The maximum absolute atomic E-state index is 11.5. The van der Waals surface area contributed by atoms with Gasteiger partial charge in [0.15, 0.2) is 6.10 Å². The molecular weight excluding hydrogens is 512 g/mol. The lowest BCUT2D eigenvalue weighted by Crippen LogP contribution is -2.30. The molecule has 0 radical (unpaired) electrons. The average Bonchev–Trinajstić information content (AvgIpc) is 2.89. The van der Waals surface area contributed by atoms with E-state index < -0.39 is 6.10 Å². The molecule has 0 saturated heterocycles. The third kappa shape index (κ3) is 30.4. The van der Waals surface area contributed by atoms with Crippen LogP contribution in [0.3, 0.4) is 0 Å². The highest BCUT2D eigenvalue weighted by atomic mass is 16.6. The quantitative estimate of drug-likeness (QED) is 0.0650. The van der Waals surface area contributed by atoms with Crippen LogP contribution in [0.2, 0.25) is 0 Å². The van der Waals surface area contributed by atoms with Crippen LogP contribution in [-0.4, -0.2) is 49.3 Å². The Hall–Kier alpha value is -2.12. The van der Waals surface area contributed by atoms with Crippen LogP contribution in [0, 0.1) is 0 Å². The third-order valence-corrected chi connectivity index (χ3v) is 5.87. The van der Waals surface area contributed by atoms with Crippen molar-refractivity contribution in [2.24, 2.45) is 0 Å². The van der Waals surface area contributed by atoms with Crippen LogP contribution in [-0.2, 0) is 38.1 Å². The number of ether oxygens (including phenoxy) is 4. The van der Waals surface area contributed by atoms with Crippen LogP contribution in [0.25, 0.3) is 0 Å². The summed E-state index contributed by atoms with van der Waals surface area (Å²) in [5, 5.41) is 0. The Bertz CT molecular complexity index is 610. The van der Waals surface area contributed by atoms with Gasteiger partial charge in [0.05, 0.1) is 6.10 Å². The summed E-state index contributed by atoms with van der Waals surface area (Å²) in [6.07, 6.45) is 17.3. The van der Waals surface area contributed by atoms with Gasteiger partial charge in [-0.1, -0.05) is 91.9 Å². The SMILES string of the molecule is CCCC(=O)OCC(COC(=O)CCC)OC(=O)CCC.CCCCCCCCCCCCCC(=O)OC(C)C. The summed E-state index contributed by atoms with van der Waals surface area (Å²) >= 11 is 0. The van der Waals surface area contributed by atoms with E-state index >= 15 is 0 Å². The highest BCUT2D eigenvalue weighted by Crippen LogP contribution is 2.12. The van der Waals surface area contributed by atoms with Crippen molar-refractivity contribution < 1.29 is 38.1 Å². The van der Waals surface area contributed by atoms with Gasteiger partial charge in [-0.15, -0.1) is 0 Å². The number of carbonyl (C=O) groups excluding carboxylic acids is 4. The van der Waals surface area contributed by atoms with Gasteiger partial charge in [-0.3, -0.25) is 19.2 Å². The number of esters is 4. The average molecular weight is 573 g/mol. The first kappa shape index (κ1) is 40.0. The Labute approximate surface area is 244 Å². The van der Waals surface area contributed by atoms with Crippen molar-refractivity contribution in [3.63, 3.8) is 0 Å². The van der Waals surface area contributed by atoms with E-state index in [-0.39, 0.29) is 49.6 Å². The molecule has 0 rings (SSSR count). The molecule has 0 aliphatic carbocycles. The van der Waals surface area contributed by atoms with Crippen LogP contribution < -0.4 is 0 Å². The largest absolute Gasteiger partial charge is 0.463 e. The van der Waals surface area contributed by atoms with E-state index in [0.29, 0.717) is 38.5 Å². The molecule has 0 aromatic carbocycles. The summed E-state index contributed by atoms with van der Waals surface area (Å²) in [5.41, 5.74) is 0. The maximum atomic E-state index is 11.5. The molecule has 0 N–H and O–H groups in total. The second kappa shape index (κ2) is 29.9. The molecule has 0 amide bonds. The Morgan fingerprint density at radius 3 is 1.23 bits per heavy atom. The van der Waals surface area contributed by atoms with Gasteiger partial charge in [-0.2, -0.15) is 0 Å². The van der Waals surface area contributed by atoms with Gasteiger partial charge in [0.1, 0.15) is 13.2 Å². The van der Waals surface area contributed by atoms with Crippen molar-refractivity contribution in [3.8, 4) is 0 Å². The summed E-state index contributed by atoms with van der Waals surface area (Å²) in [6.45, 7) is 11.5. The molecule has 0 spiro atoms. The second-order valence-electron chi connectivity index (χ2n) is 10.6. The summed E-state index contributed by atoms with van der Waals surface area (Å²) in [5.74, 6) is -1.13. The zero-order valence-electron chi connectivity index (χ0n) is 26.6. The van der Waals surface area contributed by atoms with Crippen molar-refractivity contribution >= 4 is 23.9 Å². The summed E-state index contributed by atoms with van der Waals surface area (Å²) in [7, 11) is 0. The molecule has 8 heteroatoms. The molecule has 0 aliphatic heterocycles. The Morgan fingerprint density at radius 1 is 0.450 bits per heavy atom. The summed E-state index contributed by atoms with van der Waals surface area (Å²) < 4.78 is 20.3. The van der Waals surface area contributed by atoms with E-state index in [1.54, 1.807) is 0 Å². The minimum absolute atomic E-state index is 0.0280. The van der Waals surface area contributed by atoms with Gasteiger partial charge in [0.2, 0.25) is 0 Å². The number of hydrogen-bond donors (Lipinski definition) is 0. The van der Waals surface area contributed by atoms with Gasteiger partial charge in [0, 0.05) is 25.7 Å². The molecule has 0 saturated carbocycles. The predicted octanol–water partition coefficient (Wildman–Crippen LogP) is 8.02. The van der Waals surface area contributed by atoms with Crippen molar-refractivity contribution in [1.82, 2.24) is 0 Å². The molecule has 0 aromatic heterocycles. The first-order chi connectivity index (χ1) is 19.2. The maximum Gasteiger partial charge on any atom is 0.306 e. The van der Waals surface area contributed by atoms with Gasteiger partial charge >= 0.3 is 23.9 Å². The fraction of sp³-hybridized carbons (Fsp3) is 0.875. The zero-order valence-corrected chi connectivity index (χ0v) is 26.6. The fourth-order valence-electron chi connectivity index (χ4n) is 3.74. The molecule has 40 heavy (non-hydrogen) atoms. The van der Waals surface area contributed by atoms with Crippen LogP contribution in [0.15, 0.2) is 0 Å². The highest BCUT2D eigenvalue weighted by Gasteiger charge is 2.18. The Morgan fingerprint density at radius 2 is 0.825 bits per heavy atom. The summed E-state index contributed by atoms with van der Waals surface area (Å²) in [4.78, 5) is 45.4. The molecule has 0 unspecified atom stereocenters. The molecule has 0 aromatic rings. The molecule has 0 fully saturated rings. The van der Waals surface area contributed by atoms with Crippen LogP contribution in [0.5, 0.6) is 0 Å². The van der Waals surface area contributed by atoms with Crippen molar-refractivity contribution in [2.75, 3.05) is 13.2 Å². The lowest BCUT2D eigenvalue weighted by molar-refractivity contribution is -0.166. The molecule has 0 aliphatic rings. The molecule has 0 atom stereocenters. The lowest BCUT2D eigenvalue weighted by atomic mass is 10.1. The standard InChI is InChI=1S/C17H34O2.C15H26O6/c1-4-5-6-7-8-9-10-11-12-13-14-15-17(18)19-16(2)3;1-4-7-13(16)19-10-12(21-15(18)9-6-3)11-20-14(17)8-5-2/h16H,4-15H2,1-3H3;12H,4-11H2,1-3H3. The van der Waals surface area contributed by atoms with E-state index in [9.17, 15) is 19.2 Å². The number of rotatable bonds is 24. The normalized spacial score (nSPS) is 10.6. The number of hydrogen-bond acceptors (Lipinski definition) is 8. The van der Waals surface area contributed by atoms with Crippen LogP contribution in [0.1, 0.15) is 157 Å². The van der Waals surface area contributed by atoms with Crippen molar-refractivity contribution in [1.29, 1.82) is 0 Å². The first-order valence-corrected chi connectivity index (χ1v) is 15.9. The highest BCUT2D eigenvalue weighted by molar-refractivity contribution is 5.71. The number of carbonyl (C=O) groups is 4. The van der Waals surface area contributed by atoms with E-state index in [0.717, 1.165) is 6.42 Å². The molecule has 236 valence electrons. The fourth-order valence-corrected chi connectivity index (χ4v) is 3.74. The number of unbranched alkanes of at least 4 members (excludes halogenated alkanes) is 10. The second-order valence-corrected chi connectivity index (χ2v) is 10.6. The monoisotopic (exact) mass is 572 g/mol.